The van der Waals surface area contributed by atoms with Gasteiger partial charge >= 0.3 is 0 Å². The molecule has 1 aromatic carbocycles. The summed E-state index contributed by atoms with van der Waals surface area (Å²) in [4.78, 5) is 1.24. The van der Waals surface area contributed by atoms with E-state index in [0.29, 0.717) is 24.5 Å². The summed E-state index contributed by atoms with van der Waals surface area (Å²) in [6.45, 7) is 1.28. The lowest BCUT2D eigenvalue weighted by Crippen LogP contribution is -2.25. The van der Waals surface area contributed by atoms with E-state index in [-0.39, 0.29) is 0 Å². The third kappa shape index (κ3) is 2.21. The van der Waals surface area contributed by atoms with Crippen LogP contribution in [0.4, 0.5) is 0 Å². The van der Waals surface area contributed by atoms with Gasteiger partial charge in [0.2, 0.25) is 10.0 Å². The van der Waals surface area contributed by atoms with Gasteiger partial charge in [-0.25, -0.2) is 8.42 Å². The van der Waals surface area contributed by atoms with Crippen LogP contribution in [0.25, 0.3) is 0 Å². The van der Waals surface area contributed by atoms with Crippen LogP contribution in [-0.4, -0.2) is 12.7 Å². The summed E-state index contributed by atoms with van der Waals surface area (Å²) in [5.74, 6) is 0. The molecule has 1 aliphatic rings. The third-order valence-electron chi connectivity index (χ3n) is 3.28. The summed E-state index contributed by atoms with van der Waals surface area (Å²) in [7, 11) is -3.41. The molecule has 100 valence electrons. The fourth-order valence-electron chi connectivity index (χ4n) is 2.22. The summed E-state index contributed by atoms with van der Waals surface area (Å²) in [5.41, 5.74) is 7.70. The molecule has 3 rings (SSSR count). The Kier molecular flexibility index (Phi) is 3.18. The van der Waals surface area contributed by atoms with Crippen LogP contribution in [0.3, 0.4) is 0 Å². The highest BCUT2D eigenvalue weighted by Gasteiger charge is 2.30. The highest BCUT2D eigenvalue weighted by atomic mass is 32.2. The summed E-state index contributed by atoms with van der Waals surface area (Å²) < 4.78 is 26.6. The summed E-state index contributed by atoms with van der Waals surface area (Å²) in [6.07, 6.45) is 0. The van der Waals surface area contributed by atoms with E-state index in [9.17, 15) is 8.42 Å². The second kappa shape index (κ2) is 4.72. The molecule has 0 atom stereocenters. The van der Waals surface area contributed by atoms with Crippen LogP contribution in [0.2, 0.25) is 0 Å². The standard InChI is InChI=1S/C13H14N2O2S2/c14-6-12-5-13(9-18-12)19(16,17)15-7-10-3-1-2-4-11(10)8-15/h1-5,9H,6-8,14H2. The van der Waals surface area contributed by atoms with Crippen molar-refractivity contribution in [3.05, 3.63) is 51.7 Å². The zero-order valence-electron chi connectivity index (χ0n) is 10.2. The van der Waals surface area contributed by atoms with E-state index in [2.05, 4.69) is 0 Å². The first kappa shape index (κ1) is 12.8. The van der Waals surface area contributed by atoms with E-state index in [1.165, 1.54) is 15.6 Å². The third-order valence-corrected chi connectivity index (χ3v) is 6.16. The van der Waals surface area contributed by atoms with Crippen LogP contribution in [-0.2, 0) is 29.7 Å². The Morgan fingerprint density at radius 1 is 1.21 bits per heavy atom. The van der Waals surface area contributed by atoms with Crippen LogP contribution >= 0.6 is 11.3 Å². The van der Waals surface area contributed by atoms with E-state index >= 15 is 0 Å². The largest absolute Gasteiger partial charge is 0.326 e. The van der Waals surface area contributed by atoms with Gasteiger partial charge in [-0.05, 0) is 17.2 Å². The molecule has 0 unspecified atom stereocenters. The molecule has 2 aromatic rings. The highest BCUT2D eigenvalue weighted by molar-refractivity contribution is 7.89. The first-order valence-electron chi connectivity index (χ1n) is 5.95. The predicted molar refractivity (Wildman–Crippen MR) is 75.1 cm³/mol. The fourth-order valence-corrected chi connectivity index (χ4v) is 4.76. The van der Waals surface area contributed by atoms with Crippen LogP contribution < -0.4 is 5.73 Å². The second-order valence-electron chi connectivity index (χ2n) is 4.49. The molecular formula is C13H14N2O2S2. The number of fused-ring (bicyclic) bond motifs is 1. The Morgan fingerprint density at radius 3 is 2.37 bits per heavy atom. The molecule has 0 amide bonds. The predicted octanol–water partition coefficient (Wildman–Crippen LogP) is 1.91. The van der Waals surface area contributed by atoms with E-state index in [1.807, 2.05) is 24.3 Å². The number of nitrogens with zero attached hydrogens (tertiary/aromatic N) is 1. The molecule has 0 spiro atoms. The van der Waals surface area contributed by atoms with Gasteiger partial charge in [-0.2, -0.15) is 4.31 Å². The van der Waals surface area contributed by atoms with E-state index < -0.39 is 10.0 Å². The lowest BCUT2D eigenvalue weighted by molar-refractivity contribution is 0.432. The quantitative estimate of drug-likeness (QED) is 0.940. The Balaban J connectivity index is 1.91. The zero-order valence-corrected chi connectivity index (χ0v) is 11.9. The Hall–Kier alpha value is -1.21. The molecular weight excluding hydrogens is 280 g/mol. The average molecular weight is 294 g/mol. The average Bonchev–Trinajstić information content (AvgIpc) is 3.05. The number of rotatable bonds is 3. The molecule has 2 N–H and O–H groups in total. The Labute approximate surface area is 116 Å². The minimum atomic E-state index is -3.41. The maximum atomic E-state index is 12.5. The molecule has 4 nitrogen and oxygen atoms in total. The molecule has 1 aromatic heterocycles. The highest BCUT2D eigenvalue weighted by Crippen LogP contribution is 2.30. The fraction of sp³-hybridized carbons (Fsp3) is 0.231. The minimum Gasteiger partial charge on any atom is -0.326 e. The van der Waals surface area contributed by atoms with Crippen molar-refractivity contribution in [3.63, 3.8) is 0 Å². The number of hydrogen-bond acceptors (Lipinski definition) is 4. The molecule has 2 heterocycles. The van der Waals surface area contributed by atoms with E-state index in [1.54, 1.807) is 11.4 Å². The number of sulfonamides is 1. The first-order valence-corrected chi connectivity index (χ1v) is 8.27. The van der Waals surface area contributed by atoms with Gasteiger partial charge in [-0.3, -0.25) is 0 Å². The topological polar surface area (TPSA) is 63.4 Å². The lowest BCUT2D eigenvalue weighted by atomic mass is 10.1. The maximum Gasteiger partial charge on any atom is 0.244 e. The lowest BCUT2D eigenvalue weighted by Gasteiger charge is -2.14. The van der Waals surface area contributed by atoms with Crippen molar-refractivity contribution in [1.29, 1.82) is 0 Å². The molecule has 0 radical (unpaired) electrons. The normalized spacial score (nSPS) is 15.6. The minimum absolute atomic E-state index is 0.353. The van der Waals surface area contributed by atoms with Crippen molar-refractivity contribution in [2.24, 2.45) is 5.73 Å². The van der Waals surface area contributed by atoms with Gasteiger partial charge in [0.25, 0.3) is 0 Å². The van der Waals surface area contributed by atoms with Crippen molar-refractivity contribution in [1.82, 2.24) is 4.31 Å². The van der Waals surface area contributed by atoms with Crippen molar-refractivity contribution in [3.8, 4) is 0 Å². The molecule has 0 saturated carbocycles. The smallest absolute Gasteiger partial charge is 0.244 e. The van der Waals surface area contributed by atoms with Crippen molar-refractivity contribution >= 4 is 21.4 Å². The Morgan fingerprint density at radius 2 is 1.84 bits per heavy atom. The van der Waals surface area contributed by atoms with Crippen LogP contribution in [0.5, 0.6) is 0 Å². The summed E-state index contributed by atoms with van der Waals surface area (Å²) >= 11 is 1.39. The van der Waals surface area contributed by atoms with Crippen molar-refractivity contribution in [2.75, 3.05) is 0 Å². The maximum absolute atomic E-state index is 12.5. The molecule has 1 aliphatic heterocycles. The molecule has 19 heavy (non-hydrogen) atoms. The molecule has 0 aliphatic carbocycles. The summed E-state index contributed by atoms with van der Waals surface area (Å²) in [5, 5.41) is 1.67. The van der Waals surface area contributed by atoms with Gasteiger partial charge in [-0.1, -0.05) is 24.3 Å². The molecule has 6 heteroatoms. The van der Waals surface area contributed by atoms with Crippen LogP contribution in [0.1, 0.15) is 16.0 Å². The number of hydrogen-bond donors (Lipinski definition) is 1. The van der Waals surface area contributed by atoms with Gasteiger partial charge in [-0.15, -0.1) is 11.3 Å². The van der Waals surface area contributed by atoms with Gasteiger partial charge < -0.3 is 5.73 Å². The second-order valence-corrected chi connectivity index (χ2v) is 7.43. The number of benzene rings is 1. The van der Waals surface area contributed by atoms with E-state index in [4.69, 9.17) is 5.73 Å². The zero-order chi connectivity index (χ0) is 13.5. The van der Waals surface area contributed by atoms with Gasteiger partial charge in [0.05, 0.1) is 4.90 Å². The number of nitrogens with two attached hydrogens (primary N) is 1. The van der Waals surface area contributed by atoms with Crippen LogP contribution in [0, 0.1) is 0 Å². The van der Waals surface area contributed by atoms with Gasteiger partial charge in [0, 0.05) is 29.9 Å². The number of thiophene rings is 1. The molecule has 0 fully saturated rings. The molecule has 0 bridgehead atoms. The SMILES string of the molecule is NCc1cc(S(=O)(=O)N2Cc3ccccc3C2)cs1. The molecule has 0 saturated heterocycles. The Bertz CT molecular complexity index is 682. The van der Waals surface area contributed by atoms with Gasteiger partial charge in [0.1, 0.15) is 0 Å². The monoisotopic (exact) mass is 294 g/mol. The van der Waals surface area contributed by atoms with Crippen molar-refractivity contribution in [2.45, 2.75) is 24.5 Å². The summed E-state index contributed by atoms with van der Waals surface area (Å²) in [6, 6.07) is 9.49. The van der Waals surface area contributed by atoms with Gasteiger partial charge in [0.15, 0.2) is 0 Å². The first-order chi connectivity index (χ1) is 9.11. The van der Waals surface area contributed by atoms with E-state index in [0.717, 1.165) is 16.0 Å². The van der Waals surface area contributed by atoms with Crippen LogP contribution in [0.15, 0.2) is 40.6 Å². The van der Waals surface area contributed by atoms with Crippen molar-refractivity contribution < 1.29 is 8.42 Å².